The van der Waals surface area contributed by atoms with Crippen LogP contribution in [0.3, 0.4) is 0 Å². The first-order valence-electron chi connectivity index (χ1n) is 16.4. The third-order valence-electron chi connectivity index (χ3n) is 8.11. The molecule has 0 bridgehead atoms. The quantitative estimate of drug-likeness (QED) is 0.165. The van der Waals surface area contributed by atoms with E-state index in [-0.39, 0.29) is 11.3 Å². The van der Waals surface area contributed by atoms with Crippen LogP contribution in [0.25, 0.3) is 0 Å². The SMILES string of the molecule is CCCCCCCCCCCCCCOc1ccc(CC(=O)Nc2ccccc2CN2CSC=C2C)cc1C(C)(C)C. The molecule has 4 nitrogen and oxygen atoms in total. The molecule has 0 aromatic heterocycles. The van der Waals surface area contributed by atoms with Gasteiger partial charge in [0.25, 0.3) is 0 Å². The molecule has 0 atom stereocenters. The van der Waals surface area contributed by atoms with Gasteiger partial charge in [-0.3, -0.25) is 4.79 Å². The number of nitrogens with zero attached hydrogens (tertiary/aromatic N) is 1. The number of allylic oxidation sites excluding steroid dienone is 1. The second-order valence-electron chi connectivity index (χ2n) is 13.0. The summed E-state index contributed by atoms with van der Waals surface area (Å²) in [4.78, 5) is 15.5. The summed E-state index contributed by atoms with van der Waals surface area (Å²) in [6.45, 7) is 12.6. The fourth-order valence-corrected chi connectivity index (χ4v) is 6.42. The van der Waals surface area contributed by atoms with Crippen molar-refractivity contribution in [2.24, 2.45) is 0 Å². The highest BCUT2D eigenvalue weighted by molar-refractivity contribution is 8.02. The number of rotatable bonds is 19. The molecule has 0 unspecified atom stereocenters. The van der Waals surface area contributed by atoms with Crippen LogP contribution >= 0.6 is 11.8 Å². The number of nitrogens with one attached hydrogen (secondary N) is 1. The summed E-state index contributed by atoms with van der Waals surface area (Å²) in [5.41, 5.74) is 5.42. The van der Waals surface area contributed by atoms with Crippen LogP contribution in [-0.2, 0) is 23.2 Å². The number of carbonyl (C=O) groups is 1. The molecular formula is C37H56N2O2S. The summed E-state index contributed by atoms with van der Waals surface area (Å²) in [7, 11) is 0. The van der Waals surface area contributed by atoms with Gasteiger partial charge in [0.1, 0.15) is 5.75 Å². The van der Waals surface area contributed by atoms with E-state index in [9.17, 15) is 4.79 Å². The predicted molar refractivity (Wildman–Crippen MR) is 182 cm³/mol. The summed E-state index contributed by atoms with van der Waals surface area (Å²) in [5.74, 6) is 1.92. The Balaban J connectivity index is 1.43. The molecule has 1 amide bonds. The molecule has 3 rings (SSSR count). The van der Waals surface area contributed by atoms with Crippen LogP contribution in [0.15, 0.2) is 53.6 Å². The maximum absolute atomic E-state index is 13.1. The molecule has 2 aromatic carbocycles. The van der Waals surface area contributed by atoms with Crippen molar-refractivity contribution in [2.75, 3.05) is 17.8 Å². The van der Waals surface area contributed by atoms with Crippen molar-refractivity contribution in [1.29, 1.82) is 0 Å². The van der Waals surface area contributed by atoms with E-state index in [2.05, 4.69) is 68.4 Å². The van der Waals surface area contributed by atoms with Crippen molar-refractivity contribution >= 4 is 23.4 Å². The molecule has 1 aliphatic rings. The first-order chi connectivity index (χ1) is 20.3. The summed E-state index contributed by atoms with van der Waals surface area (Å²) in [5, 5.41) is 5.37. The highest BCUT2D eigenvalue weighted by atomic mass is 32.2. The summed E-state index contributed by atoms with van der Waals surface area (Å²) in [6, 6.07) is 14.4. The normalized spacial score (nSPS) is 13.4. The van der Waals surface area contributed by atoms with E-state index in [0.717, 1.165) is 48.0 Å². The third kappa shape index (κ3) is 12.1. The molecule has 0 aliphatic carbocycles. The molecule has 232 valence electrons. The van der Waals surface area contributed by atoms with Crippen LogP contribution in [0.1, 0.15) is 128 Å². The predicted octanol–water partition coefficient (Wildman–Crippen LogP) is 10.6. The van der Waals surface area contributed by atoms with Gasteiger partial charge in [0, 0.05) is 17.9 Å². The molecular weight excluding hydrogens is 536 g/mol. The second kappa shape index (κ2) is 18.3. The summed E-state index contributed by atoms with van der Waals surface area (Å²) in [6.07, 6.45) is 16.5. The van der Waals surface area contributed by atoms with Crippen LogP contribution < -0.4 is 10.1 Å². The molecule has 0 saturated carbocycles. The van der Waals surface area contributed by atoms with Gasteiger partial charge in [-0.05, 0) is 53.0 Å². The van der Waals surface area contributed by atoms with E-state index in [1.807, 2.05) is 36.0 Å². The molecule has 0 spiro atoms. The largest absolute Gasteiger partial charge is 0.493 e. The van der Waals surface area contributed by atoms with E-state index in [0.29, 0.717) is 6.42 Å². The Hall–Kier alpha value is -2.40. The van der Waals surface area contributed by atoms with Gasteiger partial charge in [-0.25, -0.2) is 0 Å². The summed E-state index contributed by atoms with van der Waals surface area (Å²) >= 11 is 1.81. The number of carbonyl (C=O) groups excluding carboxylic acids is 1. The Labute approximate surface area is 261 Å². The van der Waals surface area contributed by atoms with Gasteiger partial charge in [-0.1, -0.05) is 129 Å². The van der Waals surface area contributed by atoms with Gasteiger partial charge in [-0.2, -0.15) is 0 Å². The van der Waals surface area contributed by atoms with E-state index in [1.165, 1.54) is 81.9 Å². The average Bonchev–Trinajstić information content (AvgIpc) is 3.36. The van der Waals surface area contributed by atoms with E-state index < -0.39 is 0 Å². The van der Waals surface area contributed by atoms with Gasteiger partial charge < -0.3 is 15.0 Å². The number of ether oxygens (including phenoxy) is 1. The van der Waals surface area contributed by atoms with Crippen molar-refractivity contribution < 1.29 is 9.53 Å². The molecule has 0 fully saturated rings. The Kier molecular flexibility index (Phi) is 14.9. The standard InChI is InChI=1S/C37H56N2O2S/c1-6-7-8-9-10-11-12-13-14-15-16-19-24-41-35-23-22-31(25-33(35)37(3,4)5)26-36(40)38-34-21-18-17-20-32(34)27-39-29-42-28-30(39)2/h17-18,20-23,25,28H,6-16,19,24,26-27,29H2,1-5H3,(H,38,40). The molecule has 2 aromatic rings. The van der Waals surface area contributed by atoms with E-state index in [4.69, 9.17) is 4.74 Å². The first kappa shape index (κ1) is 34.1. The Morgan fingerprint density at radius 1 is 0.905 bits per heavy atom. The Morgan fingerprint density at radius 3 is 2.17 bits per heavy atom. The average molecular weight is 593 g/mol. The molecule has 1 N–H and O–H groups in total. The molecule has 1 aliphatic heterocycles. The minimum atomic E-state index is -0.0654. The number of unbranched alkanes of at least 4 members (excludes halogenated alkanes) is 11. The maximum atomic E-state index is 13.1. The fourth-order valence-electron chi connectivity index (χ4n) is 5.48. The van der Waals surface area contributed by atoms with Crippen LogP contribution in [-0.4, -0.2) is 23.3 Å². The highest BCUT2D eigenvalue weighted by Gasteiger charge is 2.21. The number of benzene rings is 2. The lowest BCUT2D eigenvalue weighted by molar-refractivity contribution is -0.115. The molecule has 0 radical (unpaired) electrons. The lowest BCUT2D eigenvalue weighted by Crippen LogP contribution is -2.20. The lowest BCUT2D eigenvalue weighted by atomic mass is 9.85. The zero-order valence-electron chi connectivity index (χ0n) is 27.1. The zero-order chi connectivity index (χ0) is 30.2. The molecule has 0 saturated heterocycles. The van der Waals surface area contributed by atoms with Crippen molar-refractivity contribution in [1.82, 2.24) is 4.90 Å². The fraction of sp³-hybridized carbons (Fsp3) is 0.595. The summed E-state index contributed by atoms with van der Waals surface area (Å²) < 4.78 is 6.29. The molecule has 5 heteroatoms. The number of para-hydroxylation sites is 1. The number of anilines is 1. The molecule has 1 heterocycles. The van der Waals surface area contributed by atoms with E-state index >= 15 is 0 Å². The number of hydrogen-bond acceptors (Lipinski definition) is 4. The van der Waals surface area contributed by atoms with Crippen molar-refractivity contribution in [2.45, 2.75) is 130 Å². The third-order valence-corrected chi connectivity index (χ3v) is 9.08. The monoisotopic (exact) mass is 592 g/mol. The first-order valence-corrected chi connectivity index (χ1v) is 17.5. The van der Waals surface area contributed by atoms with Crippen molar-refractivity contribution in [3.63, 3.8) is 0 Å². The molecule has 42 heavy (non-hydrogen) atoms. The van der Waals surface area contributed by atoms with Gasteiger partial charge in [-0.15, -0.1) is 11.8 Å². The van der Waals surface area contributed by atoms with Gasteiger partial charge >= 0.3 is 0 Å². The number of amides is 1. The Bertz CT molecular complexity index is 1120. The van der Waals surface area contributed by atoms with Crippen LogP contribution in [0.5, 0.6) is 5.75 Å². The minimum Gasteiger partial charge on any atom is -0.493 e. The van der Waals surface area contributed by atoms with Crippen molar-refractivity contribution in [3.8, 4) is 5.75 Å². The van der Waals surface area contributed by atoms with Gasteiger partial charge in [0.15, 0.2) is 0 Å². The van der Waals surface area contributed by atoms with Gasteiger partial charge in [0.2, 0.25) is 5.91 Å². The zero-order valence-corrected chi connectivity index (χ0v) is 27.9. The maximum Gasteiger partial charge on any atom is 0.228 e. The number of hydrogen-bond donors (Lipinski definition) is 1. The van der Waals surface area contributed by atoms with Crippen LogP contribution in [0, 0.1) is 0 Å². The highest BCUT2D eigenvalue weighted by Crippen LogP contribution is 2.33. The smallest absolute Gasteiger partial charge is 0.228 e. The van der Waals surface area contributed by atoms with Crippen molar-refractivity contribution in [3.05, 3.63) is 70.3 Å². The van der Waals surface area contributed by atoms with E-state index in [1.54, 1.807) is 0 Å². The van der Waals surface area contributed by atoms with Crippen LogP contribution in [0.2, 0.25) is 0 Å². The Morgan fingerprint density at radius 2 is 1.55 bits per heavy atom. The van der Waals surface area contributed by atoms with Gasteiger partial charge in [0.05, 0.1) is 18.9 Å². The second-order valence-corrected chi connectivity index (χ2v) is 13.8. The minimum absolute atomic E-state index is 0.00975. The topological polar surface area (TPSA) is 41.6 Å². The van der Waals surface area contributed by atoms with Crippen LogP contribution in [0.4, 0.5) is 5.69 Å². The lowest BCUT2D eigenvalue weighted by Gasteiger charge is -2.24. The number of thioether (sulfide) groups is 1.